The topological polar surface area (TPSA) is 48.6 Å². The lowest BCUT2D eigenvalue weighted by atomic mass is 10.0. The molecule has 3 aromatic rings. The zero-order valence-electron chi connectivity index (χ0n) is 16.3. The van der Waals surface area contributed by atoms with Gasteiger partial charge in [0.1, 0.15) is 12.4 Å². The summed E-state index contributed by atoms with van der Waals surface area (Å²) < 4.78 is 5.80. The Morgan fingerprint density at radius 2 is 1.75 bits per heavy atom. The molecule has 0 unspecified atom stereocenters. The molecule has 1 saturated heterocycles. The second kappa shape index (κ2) is 8.59. The van der Waals surface area contributed by atoms with Crippen LogP contribution in [0.15, 0.2) is 60.8 Å². The minimum Gasteiger partial charge on any atom is -0.492 e. The van der Waals surface area contributed by atoms with Crippen molar-refractivity contribution >= 4 is 16.7 Å². The van der Waals surface area contributed by atoms with Gasteiger partial charge in [-0.1, -0.05) is 36.4 Å². The highest BCUT2D eigenvalue weighted by molar-refractivity contribution is 6.10. The van der Waals surface area contributed by atoms with Crippen LogP contribution in [0, 0.1) is 0 Å². The molecule has 2 heterocycles. The van der Waals surface area contributed by atoms with E-state index < -0.39 is 0 Å². The van der Waals surface area contributed by atoms with Crippen molar-refractivity contribution in [3.05, 3.63) is 66.4 Å². The lowest BCUT2D eigenvalue weighted by Gasteiger charge is -2.37. The summed E-state index contributed by atoms with van der Waals surface area (Å²) in [5.41, 5.74) is 1.81. The van der Waals surface area contributed by atoms with Crippen LogP contribution in [-0.4, -0.2) is 65.9 Å². The second-order valence-corrected chi connectivity index (χ2v) is 7.33. The minimum atomic E-state index is -0.109. The Morgan fingerprint density at radius 3 is 2.54 bits per heavy atom. The van der Waals surface area contributed by atoms with Crippen LogP contribution in [0.5, 0.6) is 5.75 Å². The van der Waals surface area contributed by atoms with Crippen molar-refractivity contribution in [2.45, 2.75) is 13.0 Å². The highest BCUT2D eigenvalue weighted by Gasteiger charge is 2.27. The Kier molecular flexibility index (Phi) is 5.74. The van der Waals surface area contributed by atoms with Gasteiger partial charge in [0.05, 0.1) is 6.04 Å². The molecule has 1 atom stereocenters. The maximum absolute atomic E-state index is 13.0. The number of piperazine rings is 1. The SMILES string of the molecule is C[C@@H](C(=O)c1c[nH]c2ccccc12)N1CCN(CCOc2ccccc2)CC1. The standard InChI is InChI=1S/C23H27N3O2/c1-18(23(27)21-17-24-22-10-6-5-9-20(21)22)26-13-11-25(12-14-26)15-16-28-19-7-3-2-4-8-19/h2-10,17-18,24H,11-16H2,1H3/t18-/m0/s1. The Hall–Kier alpha value is -2.63. The number of aromatic nitrogens is 1. The van der Waals surface area contributed by atoms with Crippen molar-refractivity contribution in [2.75, 3.05) is 39.3 Å². The largest absolute Gasteiger partial charge is 0.492 e. The molecule has 0 radical (unpaired) electrons. The summed E-state index contributed by atoms with van der Waals surface area (Å²) in [6, 6.07) is 17.8. The fraction of sp³-hybridized carbons (Fsp3) is 0.348. The van der Waals surface area contributed by atoms with Crippen LogP contribution in [0.4, 0.5) is 0 Å². The van der Waals surface area contributed by atoms with Crippen LogP contribution in [0.2, 0.25) is 0 Å². The Bertz CT molecular complexity index is 914. The summed E-state index contributed by atoms with van der Waals surface area (Å²) in [5.74, 6) is 1.11. The van der Waals surface area contributed by atoms with E-state index in [2.05, 4.69) is 14.8 Å². The van der Waals surface area contributed by atoms with E-state index in [1.807, 2.05) is 67.7 Å². The monoisotopic (exact) mass is 377 g/mol. The number of benzene rings is 2. The first-order valence-electron chi connectivity index (χ1n) is 9.97. The quantitative estimate of drug-likeness (QED) is 0.641. The molecule has 146 valence electrons. The molecule has 0 amide bonds. The minimum absolute atomic E-state index is 0.109. The summed E-state index contributed by atoms with van der Waals surface area (Å²) in [4.78, 5) is 20.9. The van der Waals surface area contributed by atoms with Gasteiger partial charge in [0.25, 0.3) is 0 Å². The normalized spacial score (nSPS) is 16.9. The molecule has 5 heteroatoms. The number of rotatable bonds is 7. The first-order valence-corrected chi connectivity index (χ1v) is 9.97. The first-order chi connectivity index (χ1) is 13.7. The molecule has 28 heavy (non-hydrogen) atoms. The van der Waals surface area contributed by atoms with Crippen molar-refractivity contribution in [1.29, 1.82) is 0 Å². The van der Waals surface area contributed by atoms with Crippen LogP contribution < -0.4 is 4.74 Å². The summed E-state index contributed by atoms with van der Waals surface area (Å²) in [6.07, 6.45) is 1.85. The molecule has 1 N–H and O–H groups in total. The lowest BCUT2D eigenvalue weighted by molar-refractivity contribution is 0.0674. The van der Waals surface area contributed by atoms with Crippen molar-refractivity contribution in [1.82, 2.24) is 14.8 Å². The maximum atomic E-state index is 13.0. The van der Waals surface area contributed by atoms with E-state index in [4.69, 9.17) is 4.74 Å². The third-order valence-electron chi connectivity index (χ3n) is 5.61. The summed E-state index contributed by atoms with van der Waals surface area (Å²) >= 11 is 0. The van der Waals surface area contributed by atoms with Crippen molar-refractivity contribution in [2.24, 2.45) is 0 Å². The molecule has 0 bridgehead atoms. The number of para-hydroxylation sites is 2. The average molecular weight is 377 g/mol. The number of fused-ring (bicyclic) bond motifs is 1. The summed E-state index contributed by atoms with van der Waals surface area (Å²) in [7, 11) is 0. The van der Waals surface area contributed by atoms with Gasteiger partial charge in [0.2, 0.25) is 0 Å². The van der Waals surface area contributed by atoms with Crippen LogP contribution in [-0.2, 0) is 0 Å². The Balaban J connectivity index is 1.28. The number of ether oxygens (including phenoxy) is 1. The van der Waals surface area contributed by atoms with Crippen LogP contribution in [0.1, 0.15) is 17.3 Å². The van der Waals surface area contributed by atoms with Crippen LogP contribution in [0.3, 0.4) is 0 Å². The van der Waals surface area contributed by atoms with Crippen molar-refractivity contribution < 1.29 is 9.53 Å². The maximum Gasteiger partial charge on any atom is 0.181 e. The first kappa shape index (κ1) is 18.7. The number of nitrogens with one attached hydrogen (secondary N) is 1. The number of H-pyrrole nitrogens is 1. The van der Waals surface area contributed by atoms with E-state index in [0.717, 1.165) is 54.9 Å². The van der Waals surface area contributed by atoms with Gasteiger partial charge in [0, 0.05) is 55.4 Å². The molecule has 0 spiro atoms. The third-order valence-corrected chi connectivity index (χ3v) is 5.61. The predicted molar refractivity (Wildman–Crippen MR) is 112 cm³/mol. The number of hydrogen-bond acceptors (Lipinski definition) is 4. The fourth-order valence-corrected chi connectivity index (χ4v) is 3.85. The van der Waals surface area contributed by atoms with E-state index in [9.17, 15) is 4.79 Å². The van der Waals surface area contributed by atoms with E-state index in [0.29, 0.717) is 6.61 Å². The molecular weight excluding hydrogens is 350 g/mol. The van der Waals surface area contributed by atoms with Gasteiger partial charge >= 0.3 is 0 Å². The number of ketones is 1. The zero-order chi connectivity index (χ0) is 19.3. The van der Waals surface area contributed by atoms with Gasteiger partial charge in [-0.25, -0.2) is 0 Å². The van der Waals surface area contributed by atoms with Crippen molar-refractivity contribution in [3.8, 4) is 5.75 Å². The number of Topliss-reactive ketones (excluding diaryl/α,β-unsaturated/α-hetero) is 1. The molecular formula is C23H27N3O2. The molecule has 2 aromatic carbocycles. The van der Waals surface area contributed by atoms with Crippen LogP contribution in [0.25, 0.3) is 10.9 Å². The number of aromatic amines is 1. The predicted octanol–water partition coefficient (Wildman–Crippen LogP) is 3.44. The number of carbonyl (C=O) groups is 1. The zero-order valence-corrected chi connectivity index (χ0v) is 16.3. The summed E-state index contributed by atoms with van der Waals surface area (Å²) in [6.45, 7) is 7.36. The molecule has 1 aliphatic heterocycles. The van der Waals surface area contributed by atoms with Gasteiger partial charge < -0.3 is 9.72 Å². The molecule has 1 aromatic heterocycles. The molecule has 1 fully saturated rings. The van der Waals surface area contributed by atoms with E-state index >= 15 is 0 Å². The average Bonchev–Trinajstić information content (AvgIpc) is 3.18. The van der Waals surface area contributed by atoms with E-state index in [1.165, 1.54) is 0 Å². The Labute approximate surface area is 165 Å². The molecule has 1 aliphatic rings. The molecule has 4 rings (SSSR count). The highest BCUT2D eigenvalue weighted by Crippen LogP contribution is 2.21. The van der Waals surface area contributed by atoms with Crippen LogP contribution >= 0.6 is 0 Å². The third kappa shape index (κ3) is 4.11. The Morgan fingerprint density at radius 1 is 1.04 bits per heavy atom. The molecule has 5 nitrogen and oxygen atoms in total. The number of nitrogens with zero attached hydrogens (tertiary/aromatic N) is 2. The van der Waals surface area contributed by atoms with Crippen molar-refractivity contribution in [3.63, 3.8) is 0 Å². The van der Waals surface area contributed by atoms with E-state index in [-0.39, 0.29) is 11.8 Å². The van der Waals surface area contributed by atoms with Gasteiger partial charge in [-0.05, 0) is 25.1 Å². The lowest BCUT2D eigenvalue weighted by Crippen LogP contribution is -2.52. The molecule has 0 aliphatic carbocycles. The fourth-order valence-electron chi connectivity index (χ4n) is 3.85. The highest BCUT2D eigenvalue weighted by atomic mass is 16.5. The van der Waals surface area contributed by atoms with Gasteiger partial charge in [0.15, 0.2) is 5.78 Å². The van der Waals surface area contributed by atoms with Gasteiger partial charge in [-0.15, -0.1) is 0 Å². The second-order valence-electron chi connectivity index (χ2n) is 7.33. The van der Waals surface area contributed by atoms with Gasteiger partial charge in [-0.2, -0.15) is 0 Å². The van der Waals surface area contributed by atoms with Gasteiger partial charge in [-0.3, -0.25) is 14.6 Å². The number of hydrogen-bond donors (Lipinski definition) is 1. The smallest absolute Gasteiger partial charge is 0.181 e. The molecule has 0 saturated carbocycles. The summed E-state index contributed by atoms with van der Waals surface area (Å²) in [5, 5.41) is 1.01. The van der Waals surface area contributed by atoms with E-state index in [1.54, 1.807) is 0 Å². The number of carbonyl (C=O) groups excluding carboxylic acids is 1.